The minimum absolute atomic E-state index is 0.0563. The van der Waals surface area contributed by atoms with Crippen LogP contribution in [0.5, 0.6) is 0 Å². The van der Waals surface area contributed by atoms with Crippen molar-refractivity contribution >= 4 is 57.6 Å². The van der Waals surface area contributed by atoms with Crippen molar-refractivity contribution < 1.29 is 19.1 Å². The van der Waals surface area contributed by atoms with Crippen molar-refractivity contribution in [1.29, 1.82) is 0 Å². The number of aliphatic hydroxyl groups is 1. The number of H-pyrrole nitrogens is 1. The summed E-state index contributed by atoms with van der Waals surface area (Å²) in [6.45, 7) is 6.23. The molecule has 1 aromatic heterocycles. The molecule has 3 aromatic carbocycles. The molecule has 1 saturated heterocycles. The first kappa shape index (κ1) is 25.0. The number of aromatic amines is 1. The second-order valence-electron chi connectivity index (χ2n) is 9.89. The minimum atomic E-state index is -1.01. The van der Waals surface area contributed by atoms with Gasteiger partial charge in [0.25, 0.3) is 5.78 Å². The summed E-state index contributed by atoms with van der Waals surface area (Å²) in [7, 11) is 0. The van der Waals surface area contributed by atoms with Gasteiger partial charge >= 0.3 is 5.91 Å². The van der Waals surface area contributed by atoms with Crippen molar-refractivity contribution in [2.24, 2.45) is 0 Å². The molecule has 6 nitrogen and oxygen atoms in total. The monoisotopic (exact) mass is 537 g/mol. The van der Waals surface area contributed by atoms with E-state index in [1.54, 1.807) is 0 Å². The Morgan fingerprint density at radius 1 is 1.00 bits per heavy atom. The van der Waals surface area contributed by atoms with E-state index in [-0.39, 0.29) is 32.5 Å². The zero-order chi connectivity index (χ0) is 26.6. The maximum Gasteiger partial charge on any atom is 0.302 e. The molecule has 0 radical (unpaired) electrons. The molecule has 0 aliphatic carbocycles. The van der Waals surface area contributed by atoms with Crippen LogP contribution in [0.15, 0.2) is 66.2 Å². The maximum atomic E-state index is 13.8. The number of halogens is 3. The maximum absolute atomic E-state index is 13.8. The second kappa shape index (κ2) is 9.01. The van der Waals surface area contributed by atoms with Crippen LogP contribution in [-0.2, 0) is 15.0 Å². The molecule has 1 unspecified atom stereocenters. The van der Waals surface area contributed by atoms with Crippen LogP contribution in [-0.4, -0.2) is 26.8 Å². The van der Waals surface area contributed by atoms with Crippen LogP contribution in [0.2, 0.25) is 10.0 Å². The molecule has 0 saturated carbocycles. The van der Waals surface area contributed by atoms with E-state index in [1.165, 1.54) is 41.3 Å². The fourth-order valence-corrected chi connectivity index (χ4v) is 4.71. The summed E-state index contributed by atoms with van der Waals surface area (Å²) in [6.07, 6.45) is 0. The van der Waals surface area contributed by atoms with Crippen LogP contribution in [0.25, 0.3) is 16.8 Å². The number of imidazole rings is 1. The summed E-state index contributed by atoms with van der Waals surface area (Å²) in [5.74, 6) is -2.59. The summed E-state index contributed by atoms with van der Waals surface area (Å²) in [6, 6.07) is 14.9. The van der Waals surface area contributed by atoms with Gasteiger partial charge < -0.3 is 10.1 Å². The molecular weight excluding hydrogens is 516 g/mol. The highest BCUT2D eigenvalue weighted by Gasteiger charge is 2.48. The Morgan fingerprint density at radius 2 is 1.70 bits per heavy atom. The first-order valence-corrected chi connectivity index (χ1v) is 12.2. The number of anilines is 1. The Bertz CT molecular complexity index is 1600. The predicted octanol–water partition coefficient (Wildman–Crippen LogP) is 6.93. The molecule has 5 rings (SSSR count). The average Bonchev–Trinajstić information content (AvgIpc) is 3.37. The highest BCUT2D eigenvalue weighted by Crippen LogP contribution is 2.42. The number of aliphatic hydroxyl groups excluding tert-OH is 1. The molecule has 37 heavy (non-hydrogen) atoms. The molecule has 2 heterocycles. The molecule has 4 aromatic rings. The number of benzene rings is 3. The Kier molecular flexibility index (Phi) is 6.09. The van der Waals surface area contributed by atoms with Gasteiger partial charge in [-0.1, -0.05) is 68.2 Å². The Labute approximate surface area is 222 Å². The fraction of sp³-hybridized carbons (Fsp3) is 0.179. The highest BCUT2D eigenvalue weighted by molar-refractivity contribution is 6.51. The van der Waals surface area contributed by atoms with Crippen molar-refractivity contribution in [3.63, 3.8) is 0 Å². The van der Waals surface area contributed by atoms with Gasteiger partial charge in [0, 0.05) is 5.56 Å². The van der Waals surface area contributed by atoms with Crippen molar-refractivity contribution in [1.82, 2.24) is 9.97 Å². The second-order valence-corrected chi connectivity index (χ2v) is 10.7. The number of hydrogen-bond acceptors (Lipinski definition) is 4. The van der Waals surface area contributed by atoms with Crippen LogP contribution < -0.4 is 4.90 Å². The molecule has 1 fully saturated rings. The molecular formula is C28H22Cl2FN3O3. The topological polar surface area (TPSA) is 86.3 Å². The lowest BCUT2D eigenvalue weighted by molar-refractivity contribution is -0.132. The van der Waals surface area contributed by atoms with Gasteiger partial charge in [-0.3, -0.25) is 14.5 Å². The third-order valence-electron chi connectivity index (χ3n) is 6.39. The van der Waals surface area contributed by atoms with E-state index < -0.39 is 29.3 Å². The summed E-state index contributed by atoms with van der Waals surface area (Å²) in [4.78, 5) is 35.3. The van der Waals surface area contributed by atoms with Gasteiger partial charge in [0.05, 0.1) is 32.7 Å². The van der Waals surface area contributed by atoms with E-state index in [4.69, 9.17) is 23.2 Å². The van der Waals surface area contributed by atoms with Crippen LogP contribution in [0.3, 0.4) is 0 Å². The van der Waals surface area contributed by atoms with Crippen molar-refractivity contribution in [2.45, 2.75) is 32.2 Å². The number of carbonyl (C=O) groups excluding carboxylic acids is 2. The third kappa shape index (κ3) is 4.38. The number of nitrogens with zero attached hydrogens (tertiary/aromatic N) is 2. The quantitative estimate of drug-likeness (QED) is 0.168. The largest absolute Gasteiger partial charge is 0.507 e. The van der Waals surface area contributed by atoms with E-state index in [0.29, 0.717) is 16.6 Å². The van der Waals surface area contributed by atoms with Gasteiger partial charge in [-0.2, -0.15) is 0 Å². The lowest BCUT2D eigenvalue weighted by Crippen LogP contribution is -2.30. The van der Waals surface area contributed by atoms with Crippen molar-refractivity contribution in [3.05, 3.63) is 98.8 Å². The molecule has 1 aliphatic heterocycles. The number of ketones is 1. The van der Waals surface area contributed by atoms with Crippen LogP contribution in [0.4, 0.5) is 10.3 Å². The number of Topliss-reactive ketones (excluding diaryl/α,β-unsaturated/α-hetero) is 1. The van der Waals surface area contributed by atoms with Gasteiger partial charge in [-0.25, -0.2) is 9.37 Å². The lowest BCUT2D eigenvalue weighted by Gasteiger charge is -2.25. The number of carbonyl (C=O) groups is 2. The zero-order valence-corrected chi connectivity index (χ0v) is 21.7. The first-order chi connectivity index (χ1) is 17.5. The first-order valence-electron chi connectivity index (χ1n) is 11.5. The third-order valence-corrected chi connectivity index (χ3v) is 7.13. The summed E-state index contributed by atoms with van der Waals surface area (Å²) in [5, 5.41) is 11.7. The van der Waals surface area contributed by atoms with Crippen molar-refractivity contribution in [3.8, 4) is 0 Å². The molecule has 1 atom stereocenters. The number of hydrogen-bond donors (Lipinski definition) is 2. The van der Waals surface area contributed by atoms with E-state index >= 15 is 0 Å². The molecule has 0 bridgehead atoms. The molecule has 1 amide bonds. The molecule has 188 valence electrons. The van der Waals surface area contributed by atoms with E-state index in [1.807, 2.05) is 24.3 Å². The molecule has 0 spiro atoms. The number of aromatic nitrogens is 2. The van der Waals surface area contributed by atoms with Gasteiger partial charge in [0.1, 0.15) is 11.6 Å². The normalized spacial score (nSPS) is 17.7. The number of fused-ring (bicyclic) bond motifs is 1. The molecule has 1 aliphatic rings. The summed E-state index contributed by atoms with van der Waals surface area (Å²) in [5.41, 5.74) is 2.41. The molecule has 9 heteroatoms. The average molecular weight is 538 g/mol. The van der Waals surface area contributed by atoms with E-state index in [0.717, 1.165) is 5.56 Å². The van der Waals surface area contributed by atoms with E-state index in [2.05, 4.69) is 30.7 Å². The van der Waals surface area contributed by atoms with Gasteiger partial charge in [0.2, 0.25) is 5.95 Å². The van der Waals surface area contributed by atoms with E-state index in [9.17, 15) is 19.1 Å². The van der Waals surface area contributed by atoms with Crippen LogP contribution in [0.1, 0.15) is 43.5 Å². The number of amides is 1. The summed E-state index contributed by atoms with van der Waals surface area (Å²) < 4.78 is 13.8. The van der Waals surface area contributed by atoms with Crippen molar-refractivity contribution in [2.75, 3.05) is 4.90 Å². The standard InChI is InChI=1S/C28H22Cl2FN3O3/c1-28(2,3)16-7-4-14(5-8-16)23-22(24(35)15-6-10-18(29)19(30)12-15)25(36)26(37)34(23)27-32-20-11-9-17(31)13-21(20)33-27/h4-13,23,35H,1-3H3,(H,32,33)/b24-22+. The fourth-order valence-electron chi connectivity index (χ4n) is 4.41. The Hall–Kier alpha value is -3.68. The smallest absolute Gasteiger partial charge is 0.302 e. The predicted molar refractivity (Wildman–Crippen MR) is 142 cm³/mol. The van der Waals surface area contributed by atoms with Crippen LogP contribution in [0, 0.1) is 5.82 Å². The van der Waals surface area contributed by atoms with Gasteiger partial charge in [-0.15, -0.1) is 0 Å². The number of nitrogens with one attached hydrogen (secondary N) is 1. The zero-order valence-electron chi connectivity index (χ0n) is 20.1. The Balaban J connectivity index is 1.72. The molecule has 2 N–H and O–H groups in total. The summed E-state index contributed by atoms with van der Waals surface area (Å²) >= 11 is 12.2. The van der Waals surface area contributed by atoms with Gasteiger partial charge in [-0.05, 0) is 52.9 Å². The Morgan fingerprint density at radius 3 is 2.35 bits per heavy atom. The highest BCUT2D eigenvalue weighted by atomic mass is 35.5. The van der Waals surface area contributed by atoms with Gasteiger partial charge in [0.15, 0.2) is 0 Å². The minimum Gasteiger partial charge on any atom is -0.507 e. The number of rotatable bonds is 3. The SMILES string of the molecule is CC(C)(C)c1ccc(C2/C(=C(\O)c3ccc(Cl)c(Cl)c3)C(=O)C(=O)N2c2nc3ccc(F)cc3[nH]2)cc1. The lowest BCUT2D eigenvalue weighted by atomic mass is 9.85. The van der Waals surface area contributed by atoms with Crippen LogP contribution >= 0.6 is 23.2 Å².